The SMILES string of the molecule is COc1ccccc1NC(=O)CC(=O)Nc1ccc(N2CCCCC2)cc1. The molecule has 2 amide bonds. The van der Waals surface area contributed by atoms with E-state index in [2.05, 4.69) is 15.5 Å². The van der Waals surface area contributed by atoms with Crippen LogP contribution in [0.15, 0.2) is 48.5 Å². The average Bonchev–Trinajstić information content (AvgIpc) is 2.69. The van der Waals surface area contributed by atoms with E-state index in [1.165, 1.54) is 32.1 Å². The van der Waals surface area contributed by atoms with Gasteiger partial charge in [0.1, 0.15) is 12.2 Å². The first-order valence-corrected chi connectivity index (χ1v) is 9.23. The lowest BCUT2D eigenvalue weighted by Gasteiger charge is -2.28. The number of hydrogen-bond donors (Lipinski definition) is 2. The van der Waals surface area contributed by atoms with Gasteiger partial charge in [-0.1, -0.05) is 12.1 Å². The van der Waals surface area contributed by atoms with Crippen molar-refractivity contribution in [3.8, 4) is 5.75 Å². The Morgan fingerprint density at radius 1 is 0.926 bits per heavy atom. The second kappa shape index (κ2) is 9.07. The van der Waals surface area contributed by atoms with Gasteiger partial charge >= 0.3 is 0 Å². The zero-order valence-electron chi connectivity index (χ0n) is 15.5. The molecular weight excluding hydrogens is 342 g/mol. The highest BCUT2D eigenvalue weighted by Gasteiger charge is 2.13. The van der Waals surface area contributed by atoms with E-state index < -0.39 is 0 Å². The molecule has 1 saturated heterocycles. The number of rotatable bonds is 6. The van der Waals surface area contributed by atoms with Crippen molar-refractivity contribution in [3.05, 3.63) is 48.5 Å². The van der Waals surface area contributed by atoms with Gasteiger partial charge in [-0.25, -0.2) is 0 Å². The number of nitrogens with one attached hydrogen (secondary N) is 2. The van der Waals surface area contributed by atoms with E-state index >= 15 is 0 Å². The van der Waals surface area contributed by atoms with Crippen molar-refractivity contribution >= 4 is 28.9 Å². The number of anilines is 3. The summed E-state index contributed by atoms with van der Waals surface area (Å²) < 4.78 is 5.19. The van der Waals surface area contributed by atoms with Crippen molar-refractivity contribution in [1.29, 1.82) is 0 Å². The molecule has 6 nitrogen and oxygen atoms in total. The molecule has 1 heterocycles. The number of carbonyl (C=O) groups excluding carboxylic acids is 2. The van der Waals surface area contributed by atoms with Crippen LogP contribution < -0.4 is 20.3 Å². The number of para-hydroxylation sites is 2. The molecule has 0 spiro atoms. The molecule has 0 aromatic heterocycles. The van der Waals surface area contributed by atoms with Crippen molar-refractivity contribution in [2.45, 2.75) is 25.7 Å². The van der Waals surface area contributed by atoms with Crippen LogP contribution in [0, 0.1) is 0 Å². The third kappa shape index (κ3) is 5.23. The minimum Gasteiger partial charge on any atom is -0.495 e. The zero-order chi connectivity index (χ0) is 19.1. The zero-order valence-corrected chi connectivity index (χ0v) is 15.5. The number of piperidine rings is 1. The van der Waals surface area contributed by atoms with E-state index in [1.807, 2.05) is 30.3 Å². The molecule has 0 bridgehead atoms. The van der Waals surface area contributed by atoms with Crippen LogP contribution >= 0.6 is 0 Å². The highest BCUT2D eigenvalue weighted by atomic mass is 16.5. The standard InChI is InChI=1S/C21H25N3O3/c1-27-19-8-4-3-7-18(19)23-21(26)15-20(25)22-16-9-11-17(12-10-16)24-13-5-2-6-14-24/h3-4,7-12H,2,5-6,13-15H2,1H3,(H,22,25)(H,23,26). The summed E-state index contributed by atoms with van der Waals surface area (Å²) in [5.74, 6) is -0.186. The Morgan fingerprint density at radius 2 is 1.59 bits per heavy atom. The van der Waals surface area contributed by atoms with Crippen molar-refractivity contribution in [2.75, 3.05) is 35.7 Å². The molecule has 6 heteroatoms. The molecule has 0 unspecified atom stereocenters. The van der Waals surface area contributed by atoms with E-state index in [1.54, 1.807) is 18.2 Å². The van der Waals surface area contributed by atoms with Crippen LogP contribution in [0.1, 0.15) is 25.7 Å². The largest absolute Gasteiger partial charge is 0.495 e. The van der Waals surface area contributed by atoms with Crippen LogP contribution in [0.25, 0.3) is 0 Å². The van der Waals surface area contributed by atoms with E-state index in [4.69, 9.17) is 4.74 Å². The molecule has 2 aromatic carbocycles. The van der Waals surface area contributed by atoms with Gasteiger partial charge in [-0.05, 0) is 55.7 Å². The minimum absolute atomic E-state index is 0.258. The Bertz CT molecular complexity index is 784. The number of carbonyl (C=O) groups is 2. The lowest BCUT2D eigenvalue weighted by molar-refractivity contribution is -0.123. The third-order valence-electron chi connectivity index (χ3n) is 4.57. The van der Waals surface area contributed by atoms with Gasteiger partial charge in [0.15, 0.2) is 0 Å². The number of amides is 2. The molecule has 0 radical (unpaired) electrons. The van der Waals surface area contributed by atoms with Gasteiger partial charge in [0.05, 0.1) is 12.8 Å². The van der Waals surface area contributed by atoms with Gasteiger partial charge in [0.25, 0.3) is 0 Å². The van der Waals surface area contributed by atoms with Crippen molar-refractivity contribution in [3.63, 3.8) is 0 Å². The summed E-state index contributed by atoms with van der Waals surface area (Å²) in [6.45, 7) is 2.16. The average molecular weight is 367 g/mol. The predicted octanol–water partition coefficient (Wildman–Crippen LogP) is 3.65. The minimum atomic E-state index is -0.387. The lowest BCUT2D eigenvalue weighted by Crippen LogP contribution is -2.29. The maximum absolute atomic E-state index is 12.1. The highest BCUT2D eigenvalue weighted by Crippen LogP contribution is 2.24. The maximum atomic E-state index is 12.1. The number of hydrogen-bond acceptors (Lipinski definition) is 4. The van der Waals surface area contributed by atoms with Crippen molar-refractivity contribution < 1.29 is 14.3 Å². The topological polar surface area (TPSA) is 70.7 Å². The summed E-state index contributed by atoms with van der Waals surface area (Å²) >= 11 is 0. The van der Waals surface area contributed by atoms with E-state index in [-0.39, 0.29) is 18.2 Å². The van der Waals surface area contributed by atoms with Gasteiger partial charge in [0, 0.05) is 24.5 Å². The normalized spacial score (nSPS) is 13.7. The molecule has 2 aromatic rings. The Balaban J connectivity index is 1.52. The predicted molar refractivity (Wildman–Crippen MR) is 107 cm³/mol. The van der Waals surface area contributed by atoms with Crippen LogP contribution in [0.2, 0.25) is 0 Å². The van der Waals surface area contributed by atoms with E-state index in [0.717, 1.165) is 13.1 Å². The fraction of sp³-hybridized carbons (Fsp3) is 0.333. The molecule has 3 rings (SSSR count). The number of methoxy groups -OCH3 is 1. The maximum Gasteiger partial charge on any atom is 0.233 e. The van der Waals surface area contributed by atoms with Crippen LogP contribution in [0.5, 0.6) is 5.75 Å². The molecule has 142 valence electrons. The third-order valence-corrected chi connectivity index (χ3v) is 4.57. The van der Waals surface area contributed by atoms with E-state index in [0.29, 0.717) is 17.1 Å². The van der Waals surface area contributed by atoms with Gasteiger partial charge in [-0.3, -0.25) is 9.59 Å². The van der Waals surface area contributed by atoms with Crippen LogP contribution in [-0.2, 0) is 9.59 Å². The molecular formula is C21H25N3O3. The smallest absolute Gasteiger partial charge is 0.233 e. The number of ether oxygens (including phenoxy) is 1. The second-order valence-electron chi connectivity index (χ2n) is 6.57. The summed E-state index contributed by atoms with van der Waals surface area (Å²) in [6, 6.07) is 14.9. The quantitative estimate of drug-likeness (QED) is 0.765. The Hall–Kier alpha value is -3.02. The highest BCUT2D eigenvalue weighted by molar-refractivity contribution is 6.08. The number of benzene rings is 2. The molecule has 2 N–H and O–H groups in total. The van der Waals surface area contributed by atoms with Gasteiger partial charge in [0.2, 0.25) is 11.8 Å². The molecule has 1 aliphatic heterocycles. The first-order valence-electron chi connectivity index (χ1n) is 9.23. The van der Waals surface area contributed by atoms with Crippen LogP contribution in [0.4, 0.5) is 17.1 Å². The Kier molecular flexibility index (Phi) is 6.30. The summed E-state index contributed by atoms with van der Waals surface area (Å²) in [4.78, 5) is 26.6. The summed E-state index contributed by atoms with van der Waals surface area (Å²) in [5, 5.41) is 5.47. The number of nitrogens with zero attached hydrogens (tertiary/aromatic N) is 1. The first-order chi connectivity index (χ1) is 13.2. The Morgan fingerprint density at radius 3 is 2.30 bits per heavy atom. The fourth-order valence-electron chi connectivity index (χ4n) is 3.20. The van der Waals surface area contributed by atoms with E-state index in [9.17, 15) is 9.59 Å². The molecule has 1 aliphatic rings. The van der Waals surface area contributed by atoms with Crippen molar-refractivity contribution in [1.82, 2.24) is 0 Å². The van der Waals surface area contributed by atoms with Gasteiger partial charge in [-0.15, -0.1) is 0 Å². The fourth-order valence-corrected chi connectivity index (χ4v) is 3.20. The summed E-state index contributed by atoms with van der Waals surface area (Å²) in [6.07, 6.45) is 3.48. The van der Waals surface area contributed by atoms with Crippen molar-refractivity contribution in [2.24, 2.45) is 0 Å². The Labute approximate surface area is 159 Å². The molecule has 0 saturated carbocycles. The van der Waals surface area contributed by atoms with Gasteiger partial charge < -0.3 is 20.3 Å². The molecule has 1 fully saturated rings. The molecule has 27 heavy (non-hydrogen) atoms. The first kappa shape index (κ1) is 18.8. The molecule has 0 atom stereocenters. The summed E-state index contributed by atoms with van der Waals surface area (Å²) in [7, 11) is 1.53. The van der Waals surface area contributed by atoms with Crippen LogP contribution in [0.3, 0.4) is 0 Å². The van der Waals surface area contributed by atoms with Crippen LogP contribution in [-0.4, -0.2) is 32.0 Å². The lowest BCUT2D eigenvalue weighted by atomic mass is 10.1. The molecule has 0 aliphatic carbocycles. The summed E-state index contributed by atoms with van der Waals surface area (Å²) in [5.41, 5.74) is 2.40. The second-order valence-corrected chi connectivity index (χ2v) is 6.57. The van der Waals surface area contributed by atoms with Gasteiger partial charge in [-0.2, -0.15) is 0 Å². The monoisotopic (exact) mass is 367 g/mol.